The van der Waals surface area contributed by atoms with Crippen LogP contribution >= 0.6 is 0 Å². The van der Waals surface area contributed by atoms with Gasteiger partial charge in [-0.15, -0.1) is 0 Å². The van der Waals surface area contributed by atoms with Gasteiger partial charge in [-0.3, -0.25) is 0 Å². The molecule has 0 amide bonds. The average molecular weight is 369 g/mol. The van der Waals surface area contributed by atoms with Crippen LogP contribution in [0.1, 0.15) is 24.8 Å². The van der Waals surface area contributed by atoms with Crippen molar-refractivity contribution >= 4 is 10.2 Å². The lowest BCUT2D eigenvalue weighted by Gasteiger charge is -2.38. The molecule has 0 unspecified atom stereocenters. The molecule has 8 heteroatoms. The minimum Gasteiger partial charge on any atom is -0.347 e. The van der Waals surface area contributed by atoms with E-state index < -0.39 is 16.0 Å². The Bertz CT molecular complexity index is 637. The molecule has 0 aliphatic carbocycles. The van der Waals surface area contributed by atoms with Crippen LogP contribution in [0.4, 0.5) is 0 Å². The van der Waals surface area contributed by atoms with Gasteiger partial charge in [-0.1, -0.05) is 30.3 Å². The second-order valence-corrected chi connectivity index (χ2v) is 8.40. The van der Waals surface area contributed by atoms with E-state index in [1.54, 1.807) is 4.31 Å². The first-order valence-corrected chi connectivity index (χ1v) is 10.2. The summed E-state index contributed by atoms with van der Waals surface area (Å²) in [6.45, 7) is 3.24. The monoisotopic (exact) mass is 369 g/mol. The van der Waals surface area contributed by atoms with Crippen molar-refractivity contribution in [1.82, 2.24) is 8.61 Å². The first-order chi connectivity index (χ1) is 12.1. The molecule has 2 heterocycles. The maximum absolute atomic E-state index is 13.1. The predicted molar refractivity (Wildman–Crippen MR) is 94.9 cm³/mol. The summed E-state index contributed by atoms with van der Waals surface area (Å²) in [4.78, 5) is 0. The van der Waals surface area contributed by atoms with E-state index in [-0.39, 0.29) is 0 Å². The molecule has 1 aromatic rings. The molecular weight excluding hydrogens is 342 g/mol. The highest BCUT2D eigenvalue weighted by molar-refractivity contribution is 7.86. The molecule has 0 bridgehead atoms. The van der Waals surface area contributed by atoms with Crippen LogP contribution in [0.15, 0.2) is 30.3 Å². The molecule has 0 aromatic heterocycles. The zero-order chi connectivity index (χ0) is 17.8. The van der Waals surface area contributed by atoms with Crippen molar-refractivity contribution in [3.63, 3.8) is 0 Å². The fourth-order valence-corrected chi connectivity index (χ4v) is 4.98. The molecule has 25 heavy (non-hydrogen) atoms. The third-order valence-corrected chi connectivity index (χ3v) is 6.75. The Labute approximate surface area is 149 Å². The number of rotatable bonds is 7. The Morgan fingerprint density at radius 2 is 1.76 bits per heavy atom. The number of benzene rings is 1. The van der Waals surface area contributed by atoms with Crippen LogP contribution in [0.3, 0.4) is 0 Å². The minimum atomic E-state index is -3.54. The lowest BCUT2D eigenvalue weighted by molar-refractivity contribution is -0.179. The third-order valence-electron chi connectivity index (χ3n) is 4.76. The number of nitrogens with zero attached hydrogens (tertiary/aromatic N) is 2. The van der Waals surface area contributed by atoms with Crippen molar-refractivity contribution < 1.29 is 17.9 Å². The summed E-state index contributed by atoms with van der Waals surface area (Å²) in [5.41, 5.74) is 6.57. The van der Waals surface area contributed by atoms with Gasteiger partial charge in [0.15, 0.2) is 5.79 Å². The maximum atomic E-state index is 13.1. The first kappa shape index (κ1) is 18.8. The molecule has 3 rings (SSSR count). The lowest BCUT2D eigenvalue weighted by Crippen LogP contribution is -2.51. The fourth-order valence-electron chi connectivity index (χ4n) is 3.34. The van der Waals surface area contributed by atoms with Gasteiger partial charge in [0, 0.05) is 39.0 Å². The van der Waals surface area contributed by atoms with Crippen LogP contribution in [-0.4, -0.2) is 62.2 Å². The Morgan fingerprint density at radius 1 is 1.12 bits per heavy atom. The maximum Gasteiger partial charge on any atom is 0.282 e. The van der Waals surface area contributed by atoms with E-state index in [1.807, 2.05) is 30.3 Å². The van der Waals surface area contributed by atoms with Crippen molar-refractivity contribution in [2.24, 2.45) is 5.73 Å². The van der Waals surface area contributed by atoms with Crippen LogP contribution in [0.5, 0.6) is 0 Å². The highest BCUT2D eigenvalue weighted by Crippen LogP contribution is 2.32. The Balaban J connectivity index is 1.70. The van der Waals surface area contributed by atoms with Crippen LogP contribution < -0.4 is 5.73 Å². The molecule has 1 spiro atoms. The molecular formula is C17H27N3O4S. The molecule has 2 aliphatic heterocycles. The molecule has 2 aliphatic rings. The first-order valence-electron chi connectivity index (χ1n) is 8.83. The molecule has 0 atom stereocenters. The Kier molecular flexibility index (Phi) is 6.08. The van der Waals surface area contributed by atoms with Crippen LogP contribution in [0.25, 0.3) is 0 Å². The SMILES string of the molecule is NCCCN(Cc1ccccc1)S(=O)(=O)N1CCC2(CC1)OCCO2. The van der Waals surface area contributed by atoms with E-state index in [9.17, 15) is 8.42 Å². The molecule has 140 valence electrons. The van der Waals surface area contributed by atoms with Crippen molar-refractivity contribution in [3.05, 3.63) is 35.9 Å². The van der Waals surface area contributed by atoms with Gasteiger partial charge in [-0.05, 0) is 18.5 Å². The van der Waals surface area contributed by atoms with E-state index in [0.717, 1.165) is 5.56 Å². The third kappa shape index (κ3) is 4.39. The van der Waals surface area contributed by atoms with Gasteiger partial charge in [0.25, 0.3) is 10.2 Å². The van der Waals surface area contributed by atoms with Crippen molar-refractivity contribution in [3.8, 4) is 0 Å². The van der Waals surface area contributed by atoms with Gasteiger partial charge in [-0.2, -0.15) is 17.0 Å². The van der Waals surface area contributed by atoms with E-state index in [0.29, 0.717) is 65.2 Å². The van der Waals surface area contributed by atoms with Gasteiger partial charge in [0.05, 0.1) is 13.2 Å². The zero-order valence-electron chi connectivity index (χ0n) is 14.5. The molecule has 7 nitrogen and oxygen atoms in total. The van der Waals surface area contributed by atoms with Crippen molar-refractivity contribution in [2.45, 2.75) is 31.6 Å². The van der Waals surface area contributed by atoms with Crippen molar-refractivity contribution in [2.75, 3.05) is 39.4 Å². The second kappa shape index (κ2) is 8.11. The number of ether oxygens (including phenoxy) is 2. The highest BCUT2D eigenvalue weighted by Gasteiger charge is 2.43. The summed E-state index contributed by atoms with van der Waals surface area (Å²) >= 11 is 0. The van der Waals surface area contributed by atoms with E-state index >= 15 is 0 Å². The van der Waals surface area contributed by atoms with Crippen LogP contribution in [0, 0.1) is 0 Å². The molecule has 0 radical (unpaired) electrons. The summed E-state index contributed by atoms with van der Waals surface area (Å²) in [6, 6.07) is 9.64. The Morgan fingerprint density at radius 3 is 2.36 bits per heavy atom. The van der Waals surface area contributed by atoms with E-state index in [2.05, 4.69) is 0 Å². The van der Waals surface area contributed by atoms with E-state index in [4.69, 9.17) is 15.2 Å². The summed E-state index contributed by atoms with van der Waals surface area (Å²) in [5.74, 6) is -0.576. The topological polar surface area (TPSA) is 85.1 Å². The number of nitrogens with two attached hydrogens (primary N) is 1. The number of hydrogen-bond donors (Lipinski definition) is 1. The second-order valence-electron chi connectivity index (χ2n) is 6.48. The molecule has 2 saturated heterocycles. The smallest absolute Gasteiger partial charge is 0.282 e. The summed E-state index contributed by atoms with van der Waals surface area (Å²) in [5, 5.41) is 0. The summed E-state index contributed by atoms with van der Waals surface area (Å²) in [7, 11) is -3.54. The highest BCUT2D eigenvalue weighted by atomic mass is 32.2. The summed E-state index contributed by atoms with van der Waals surface area (Å²) < 4.78 is 40.7. The lowest BCUT2D eigenvalue weighted by atomic mass is 10.1. The van der Waals surface area contributed by atoms with Gasteiger partial charge < -0.3 is 15.2 Å². The largest absolute Gasteiger partial charge is 0.347 e. The van der Waals surface area contributed by atoms with Gasteiger partial charge in [0.2, 0.25) is 0 Å². The number of piperidine rings is 1. The quantitative estimate of drug-likeness (QED) is 0.773. The van der Waals surface area contributed by atoms with Crippen LogP contribution in [-0.2, 0) is 26.2 Å². The molecule has 1 aromatic carbocycles. The molecule has 0 saturated carbocycles. The normalized spacial score (nSPS) is 21.2. The van der Waals surface area contributed by atoms with Gasteiger partial charge >= 0.3 is 0 Å². The predicted octanol–water partition coefficient (Wildman–Crippen LogP) is 0.921. The van der Waals surface area contributed by atoms with E-state index in [1.165, 1.54) is 4.31 Å². The van der Waals surface area contributed by atoms with Crippen molar-refractivity contribution in [1.29, 1.82) is 0 Å². The average Bonchev–Trinajstić information content (AvgIpc) is 3.07. The fraction of sp³-hybridized carbons (Fsp3) is 0.647. The minimum absolute atomic E-state index is 0.359. The molecule has 2 N–H and O–H groups in total. The van der Waals surface area contributed by atoms with Gasteiger partial charge in [0.1, 0.15) is 0 Å². The standard InChI is InChI=1S/C17H27N3O4S/c18-9-4-10-20(15-16-5-2-1-3-6-16)25(21,22)19-11-7-17(8-12-19)23-13-14-24-17/h1-3,5-6H,4,7-15,18H2. The van der Waals surface area contributed by atoms with Gasteiger partial charge in [-0.25, -0.2) is 0 Å². The summed E-state index contributed by atoms with van der Waals surface area (Å²) in [6.07, 6.45) is 1.78. The van der Waals surface area contributed by atoms with Crippen LogP contribution in [0.2, 0.25) is 0 Å². The zero-order valence-corrected chi connectivity index (χ0v) is 15.3. The number of hydrogen-bond acceptors (Lipinski definition) is 5. The molecule has 2 fully saturated rings. The Hall–Kier alpha value is -1.03.